The predicted molar refractivity (Wildman–Crippen MR) is 209 cm³/mol. The first kappa shape index (κ1) is 28.2. The minimum Gasteiger partial charge on any atom is -0.456 e. The van der Waals surface area contributed by atoms with E-state index < -0.39 is 0 Å². The summed E-state index contributed by atoms with van der Waals surface area (Å²) >= 11 is 1.79. The van der Waals surface area contributed by atoms with E-state index in [1.165, 1.54) is 14.8 Å². The van der Waals surface area contributed by atoms with Crippen molar-refractivity contribution in [1.29, 1.82) is 0 Å². The van der Waals surface area contributed by atoms with Crippen LogP contribution in [0.15, 0.2) is 160 Å². The topological polar surface area (TPSA) is 65.0 Å². The summed E-state index contributed by atoms with van der Waals surface area (Å²) in [4.78, 5) is 15.2. The Kier molecular flexibility index (Phi) is 6.05. The Balaban J connectivity index is 1.07. The monoisotopic (exact) mass is 671 g/mol. The highest BCUT2D eigenvalue weighted by Crippen LogP contribution is 2.41. The van der Waals surface area contributed by atoms with Crippen LogP contribution in [0.25, 0.3) is 109 Å². The number of hydrogen-bond donors (Lipinski definition) is 0. The van der Waals surface area contributed by atoms with Crippen molar-refractivity contribution < 1.29 is 8.83 Å². The number of thiophene rings is 1. The van der Waals surface area contributed by atoms with Gasteiger partial charge >= 0.3 is 0 Å². The molecule has 238 valence electrons. The highest BCUT2D eigenvalue weighted by atomic mass is 32.1. The molecule has 0 atom stereocenters. The lowest BCUT2D eigenvalue weighted by Crippen LogP contribution is -2.00. The number of nitrogens with zero attached hydrogens (tertiary/aromatic N) is 3. The molecule has 4 aromatic heterocycles. The summed E-state index contributed by atoms with van der Waals surface area (Å²) in [5.74, 6) is 1.86. The predicted octanol–water partition coefficient (Wildman–Crippen LogP) is 12.7. The lowest BCUT2D eigenvalue weighted by atomic mass is 10.0. The van der Waals surface area contributed by atoms with Crippen LogP contribution in [-0.4, -0.2) is 15.0 Å². The number of para-hydroxylation sites is 2. The molecule has 0 aliphatic carbocycles. The second kappa shape index (κ2) is 10.9. The Morgan fingerprint density at radius 2 is 0.980 bits per heavy atom. The molecule has 7 aromatic carbocycles. The van der Waals surface area contributed by atoms with E-state index in [1.807, 2.05) is 54.6 Å². The lowest BCUT2D eigenvalue weighted by Gasteiger charge is -2.09. The number of furan rings is 2. The van der Waals surface area contributed by atoms with Gasteiger partial charge in [0.25, 0.3) is 0 Å². The van der Waals surface area contributed by atoms with Crippen LogP contribution in [-0.2, 0) is 0 Å². The Hall–Kier alpha value is -6.63. The molecular weight excluding hydrogens is 647 g/mol. The van der Waals surface area contributed by atoms with E-state index in [4.69, 9.17) is 23.8 Å². The Morgan fingerprint density at radius 3 is 1.84 bits per heavy atom. The van der Waals surface area contributed by atoms with E-state index in [9.17, 15) is 0 Å². The third kappa shape index (κ3) is 4.43. The molecule has 11 rings (SSSR count). The number of rotatable bonds is 4. The Bertz CT molecular complexity index is 3160. The van der Waals surface area contributed by atoms with Gasteiger partial charge in [-0.2, -0.15) is 0 Å². The van der Waals surface area contributed by atoms with Gasteiger partial charge in [-0.15, -0.1) is 11.3 Å². The summed E-state index contributed by atoms with van der Waals surface area (Å²) in [6.45, 7) is 0. The van der Waals surface area contributed by atoms with Crippen molar-refractivity contribution in [3.8, 4) is 45.3 Å². The molecule has 4 heterocycles. The van der Waals surface area contributed by atoms with Crippen LogP contribution in [0, 0.1) is 0 Å². The zero-order valence-corrected chi connectivity index (χ0v) is 27.8. The third-order valence-electron chi connectivity index (χ3n) is 9.76. The molecule has 0 aliphatic heterocycles. The number of aromatic nitrogens is 3. The summed E-state index contributed by atoms with van der Waals surface area (Å²) in [6.07, 6.45) is 0. The van der Waals surface area contributed by atoms with Gasteiger partial charge in [-0.05, 0) is 48.0 Å². The maximum Gasteiger partial charge on any atom is 0.164 e. The van der Waals surface area contributed by atoms with Gasteiger partial charge in [0.2, 0.25) is 0 Å². The Morgan fingerprint density at radius 1 is 0.373 bits per heavy atom. The van der Waals surface area contributed by atoms with Gasteiger partial charge in [0.1, 0.15) is 22.3 Å². The number of fused-ring (bicyclic) bond motifs is 9. The van der Waals surface area contributed by atoms with Crippen LogP contribution < -0.4 is 0 Å². The average molecular weight is 672 g/mol. The normalized spacial score (nSPS) is 11.9. The highest BCUT2D eigenvalue weighted by Gasteiger charge is 2.19. The molecule has 11 aromatic rings. The van der Waals surface area contributed by atoms with Crippen molar-refractivity contribution in [3.05, 3.63) is 152 Å². The first-order chi connectivity index (χ1) is 25.2. The molecule has 0 saturated carbocycles. The molecule has 51 heavy (non-hydrogen) atoms. The van der Waals surface area contributed by atoms with Crippen molar-refractivity contribution in [2.75, 3.05) is 0 Å². The van der Waals surface area contributed by atoms with E-state index in [1.54, 1.807) is 11.3 Å². The highest BCUT2D eigenvalue weighted by molar-refractivity contribution is 7.25. The van der Waals surface area contributed by atoms with Gasteiger partial charge in [0.15, 0.2) is 17.5 Å². The average Bonchev–Trinajstić information content (AvgIpc) is 3.88. The summed E-state index contributed by atoms with van der Waals surface area (Å²) in [5, 5.41) is 6.67. The van der Waals surface area contributed by atoms with Gasteiger partial charge in [-0.1, -0.05) is 109 Å². The summed E-state index contributed by atoms with van der Waals surface area (Å²) in [5.41, 5.74) is 8.20. The summed E-state index contributed by atoms with van der Waals surface area (Å²) < 4.78 is 15.4. The minimum atomic E-state index is 0.593. The van der Waals surface area contributed by atoms with Crippen molar-refractivity contribution in [2.45, 2.75) is 0 Å². The minimum absolute atomic E-state index is 0.593. The largest absolute Gasteiger partial charge is 0.456 e. The molecule has 0 fully saturated rings. The van der Waals surface area contributed by atoms with Gasteiger partial charge in [0, 0.05) is 64.0 Å². The molecule has 6 heteroatoms. The van der Waals surface area contributed by atoms with Gasteiger partial charge in [-0.25, -0.2) is 15.0 Å². The van der Waals surface area contributed by atoms with E-state index in [2.05, 4.69) is 97.1 Å². The zero-order chi connectivity index (χ0) is 33.5. The van der Waals surface area contributed by atoms with Crippen molar-refractivity contribution >= 4 is 75.4 Å². The molecular formula is C45H25N3O2S. The smallest absolute Gasteiger partial charge is 0.164 e. The van der Waals surface area contributed by atoms with Crippen molar-refractivity contribution in [3.63, 3.8) is 0 Å². The lowest BCUT2D eigenvalue weighted by molar-refractivity contribution is 0.668. The fourth-order valence-corrected chi connectivity index (χ4v) is 8.49. The Labute approximate surface area is 295 Å². The molecule has 0 spiro atoms. The standard InChI is InChI=1S/C45H25N3O2S/c1-2-10-26(11-3-1)43-46-44(48-45(47-43)35-16-9-19-40-41(35)34-13-5-7-18-39(34)51-40)28-21-23-32-31-22-20-27(24-37(31)49-38(32)25-28)29-14-8-15-33-30-12-4-6-17-36(30)50-42(29)33/h1-25H. The third-order valence-corrected chi connectivity index (χ3v) is 10.9. The second-order valence-corrected chi connectivity index (χ2v) is 13.8. The van der Waals surface area contributed by atoms with Crippen LogP contribution in [0.3, 0.4) is 0 Å². The van der Waals surface area contributed by atoms with E-state index in [0.29, 0.717) is 17.5 Å². The molecule has 0 unspecified atom stereocenters. The number of benzene rings is 7. The molecule has 0 aliphatic rings. The van der Waals surface area contributed by atoms with Crippen molar-refractivity contribution in [2.24, 2.45) is 0 Å². The summed E-state index contributed by atoms with van der Waals surface area (Å²) in [6, 6.07) is 52.1. The molecule has 0 saturated heterocycles. The second-order valence-electron chi connectivity index (χ2n) is 12.8. The molecule has 0 radical (unpaired) electrons. The summed E-state index contributed by atoms with van der Waals surface area (Å²) in [7, 11) is 0. The molecule has 0 N–H and O–H groups in total. The number of hydrogen-bond acceptors (Lipinski definition) is 6. The molecule has 5 nitrogen and oxygen atoms in total. The van der Waals surface area contributed by atoms with E-state index in [-0.39, 0.29) is 0 Å². The van der Waals surface area contributed by atoms with E-state index in [0.717, 1.165) is 77.1 Å². The van der Waals surface area contributed by atoms with E-state index >= 15 is 0 Å². The van der Waals surface area contributed by atoms with Gasteiger partial charge in [-0.3, -0.25) is 0 Å². The maximum atomic E-state index is 6.57. The van der Waals surface area contributed by atoms with Crippen molar-refractivity contribution in [1.82, 2.24) is 15.0 Å². The molecule has 0 bridgehead atoms. The first-order valence-electron chi connectivity index (χ1n) is 16.8. The SMILES string of the molecule is c1ccc(-c2nc(-c3ccc4c(c3)oc3cc(-c5cccc6c5oc5ccccc56)ccc34)nc(-c3cccc4sc5ccccc5c34)n2)cc1. The fraction of sp³-hybridized carbons (Fsp3) is 0. The maximum absolute atomic E-state index is 6.57. The zero-order valence-electron chi connectivity index (χ0n) is 27.0. The van der Waals surface area contributed by atoms with Crippen LogP contribution in [0.4, 0.5) is 0 Å². The van der Waals surface area contributed by atoms with Crippen LogP contribution >= 0.6 is 11.3 Å². The fourth-order valence-electron chi connectivity index (χ4n) is 7.36. The van der Waals surface area contributed by atoms with Gasteiger partial charge in [0.05, 0.1) is 0 Å². The van der Waals surface area contributed by atoms with Crippen LogP contribution in [0.2, 0.25) is 0 Å². The van der Waals surface area contributed by atoms with Gasteiger partial charge < -0.3 is 8.83 Å². The van der Waals surface area contributed by atoms with Crippen LogP contribution in [0.5, 0.6) is 0 Å². The first-order valence-corrected chi connectivity index (χ1v) is 17.7. The molecule has 0 amide bonds. The van der Waals surface area contributed by atoms with Crippen LogP contribution in [0.1, 0.15) is 0 Å². The quantitative estimate of drug-likeness (QED) is 0.186.